The summed E-state index contributed by atoms with van der Waals surface area (Å²) in [4.78, 5) is 2.62. The van der Waals surface area contributed by atoms with Crippen molar-refractivity contribution in [3.8, 4) is 0 Å². The van der Waals surface area contributed by atoms with Crippen LogP contribution in [0.1, 0.15) is 5.56 Å². The van der Waals surface area contributed by atoms with Crippen molar-refractivity contribution in [2.45, 2.75) is 6.61 Å². The van der Waals surface area contributed by atoms with Crippen LogP contribution in [0.3, 0.4) is 0 Å². The molecule has 1 rings (SSSR count). The summed E-state index contributed by atoms with van der Waals surface area (Å²) in [7, 11) is 0. The monoisotopic (exact) mass is 183 g/mol. The summed E-state index contributed by atoms with van der Waals surface area (Å²) in [5.74, 6) is 0. The van der Waals surface area contributed by atoms with Crippen molar-refractivity contribution < 1.29 is 5.11 Å². The Hall–Kier alpha value is -1.22. The van der Waals surface area contributed by atoms with Gasteiger partial charge in [0, 0.05) is 15.6 Å². The first kappa shape index (κ1) is 8.87. The van der Waals surface area contributed by atoms with Gasteiger partial charge in [0.1, 0.15) is 0 Å². The summed E-state index contributed by atoms with van der Waals surface area (Å²) < 4.78 is 0. The van der Waals surface area contributed by atoms with Gasteiger partial charge in [-0.15, -0.1) is 0 Å². The second-order valence-corrected chi connectivity index (χ2v) is 2.56. The fourth-order valence-corrected chi connectivity index (χ4v) is 1.02. The van der Waals surface area contributed by atoms with E-state index in [1.165, 1.54) is 0 Å². The van der Waals surface area contributed by atoms with Gasteiger partial charge in [-0.2, -0.15) is 0 Å². The molecule has 0 fully saturated rings. The molecule has 4 nitrogen and oxygen atoms in total. The third-order valence-electron chi connectivity index (χ3n) is 1.36. The number of azide groups is 1. The van der Waals surface area contributed by atoms with E-state index in [2.05, 4.69) is 10.0 Å². The van der Waals surface area contributed by atoms with E-state index in [0.717, 1.165) is 0 Å². The molecule has 0 atom stereocenters. The van der Waals surface area contributed by atoms with E-state index >= 15 is 0 Å². The Kier molecular flexibility index (Phi) is 2.94. The standard InChI is InChI=1S/C7H6ClN3O/c8-6-1-2-7(10-11-9)5(3-6)4-12/h1-3,12H,4H2. The second kappa shape index (κ2) is 3.97. The molecule has 0 unspecified atom stereocenters. The van der Waals surface area contributed by atoms with Crippen LogP contribution in [-0.2, 0) is 6.61 Å². The van der Waals surface area contributed by atoms with Gasteiger partial charge in [0.15, 0.2) is 0 Å². The molecule has 0 aliphatic carbocycles. The van der Waals surface area contributed by atoms with Crippen LogP contribution in [0.2, 0.25) is 5.02 Å². The third-order valence-corrected chi connectivity index (χ3v) is 1.60. The molecular formula is C7H6ClN3O. The van der Waals surface area contributed by atoms with Gasteiger partial charge < -0.3 is 5.11 Å². The lowest BCUT2D eigenvalue weighted by Gasteiger charge is -2.00. The molecular weight excluding hydrogens is 178 g/mol. The van der Waals surface area contributed by atoms with E-state index in [4.69, 9.17) is 22.2 Å². The lowest BCUT2D eigenvalue weighted by molar-refractivity contribution is 0.282. The van der Waals surface area contributed by atoms with Crippen LogP contribution in [-0.4, -0.2) is 5.11 Å². The average Bonchev–Trinajstić information content (AvgIpc) is 2.08. The first-order valence-corrected chi connectivity index (χ1v) is 3.60. The van der Waals surface area contributed by atoms with E-state index < -0.39 is 0 Å². The van der Waals surface area contributed by atoms with Gasteiger partial charge in [0.2, 0.25) is 0 Å². The molecule has 12 heavy (non-hydrogen) atoms. The lowest BCUT2D eigenvalue weighted by Crippen LogP contribution is -1.82. The molecule has 0 heterocycles. The van der Waals surface area contributed by atoms with Gasteiger partial charge in [-0.3, -0.25) is 0 Å². The number of hydrogen-bond acceptors (Lipinski definition) is 2. The fraction of sp³-hybridized carbons (Fsp3) is 0.143. The molecule has 0 spiro atoms. The van der Waals surface area contributed by atoms with Crippen LogP contribution < -0.4 is 0 Å². The topological polar surface area (TPSA) is 69.0 Å². The number of nitrogens with zero attached hydrogens (tertiary/aromatic N) is 3. The fourth-order valence-electron chi connectivity index (χ4n) is 0.826. The maximum Gasteiger partial charge on any atom is 0.0686 e. The molecule has 0 radical (unpaired) electrons. The SMILES string of the molecule is [N-]=[N+]=Nc1ccc(Cl)cc1CO. The smallest absolute Gasteiger partial charge is 0.0686 e. The molecule has 0 saturated carbocycles. The molecule has 1 aromatic rings. The van der Waals surface area contributed by atoms with Gasteiger partial charge in [-0.25, -0.2) is 0 Å². The van der Waals surface area contributed by atoms with Crippen LogP contribution in [0.4, 0.5) is 5.69 Å². The number of aliphatic hydroxyl groups is 1. The highest BCUT2D eigenvalue weighted by Gasteiger charge is 1.99. The van der Waals surface area contributed by atoms with Crippen molar-refractivity contribution >= 4 is 17.3 Å². The zero-order valence-corrected chi connectivity index (χ0v) is 6.86. The van der Waals surface area contributed by atoms with Crippen molar-refractivity contribution in [3.63, 3.8) is 0 Å². The largest absolute Gasteiger partial charge is 0.392 e. The van der Waals surface area contributed by atoms with Gasteiger partial charge in [0.25, 0.3) is 0 Å². The summed E-state index contributed by atoms with van der Waals surface area (Å²) in [6.07, 6.45) is 0. The van der Waals surface area contributed by atoms with E-state index in [1.807, 2.05) is 0 Å². The molecule has 0 aliphatic heterocycles. The van der Waals surface area contributed by atoms with Gasteiger partial charge in [-0.1, -0.05) is 22.8 Å². The van der Waals surface area contributed by atoms with Crippen LogP contribution in [0.5, 0.6) is 0 Å². The Balaban J connectivity index is 3.19. The van der Waals surface area contributed by atoms with Gasteiger partial charge in [-0.05, 0) is 23.2 Å². The molecule has 0 bridgehead atoms. The molecule has 62 valence electrons. The minimum absolute atomic E-state index is 0.186. The Morgan fingerprint density at radius 2 is 2.33 bits per heavy atom. The predicted octanol–water partition coefficient (Wildman–Crippen LogP) is 2.77. The summed E-state index contributed by atoms with van der Waals surface area (Å²) in [5, 5.41) is 12.7. The number of rotatable bonds is 2. The summed E-state index contributed by atoms with van der Waals surface area (Å²) in [6.45, 7) is -0.186. The minimum atomic E-state index is -0.186. The Morgan fingerprint density at radius 3 is 2.92 bits per heavy atom. The molecule has 0 aliphatic rings. The Morgan fingerprint density at radius 1 is 1.58 bits per heavy atom. The molecule has 0 aromatic heterocycles. The second-order valence-electron chi connectivity index (χ2n) is 2.12. The van der Waals surface area contributed by atoms with Crippen molar-refractivity contribution in [2.24, 2.45) is 5.11 Å². The lowest BCUT2D eigenvalue weighted by atomic mass is 10.2. The number of aliphatic hydroxyl groups excluding tert-OH is 1. The minimum Gasteiger partial charge on any atom is -0.392 e. The van der Waals surface area contributed by atoms with Crippen LogP contribution in [0.15, 0.2) is 23.3 Å². The molecule has 0 amide bonds. The average molecular weight is 184 g/mol. The maximum absolute atomic E-state index is 8.83. The molecule has 1 N–H and O–H groups in total. The Bertz CT molecular complexity index is 333. The highest BCUT2D eigenvalue weighted by atomic mass is 35.5. The van der Waals surface area contributed by atoms with Gasteiger partial charge in [0.05, 0.1) is 6.61 Å². The first-order valence-electron chi connectivity index (χ1n) is 3.22. The highest BCUT2D eigenvalue weighted by Crippen LogP contribution is 2.23. The van der Waals surface area contributed by atoms with E-state index in [0.29, 0.717) is 16.3 Å². The quantitative estimate of drug-likeness (QED) is 0.428. The van der Waals surface area contributed by atoms with Crippen LogP contribution >= 0.6 is 11.6 Å². The third kappa shape index (κ3) is 1.89. The number of benzene rings is 1. The zero-order chi connectivity index (χ0) is 8.97. The maximum atomic E-state index is 8.83. The summed E-state index contributed by atoms with van der Waals surface area (Å²) in [6, 6.07) is 4.73. The van der Waals surface area contributed by atoms with E-state index in [9.17, 15) is 0 Å². The van der Waals surface area contributed by atoms with Crippen molar-refractivity contribution in [3.05, 3.63) is 39.2 Å². The highest BCUT2D eigenvalue weighted by molar-refractivity contribution is 6.30. The zero-order valence-electron chi connectivity index (χ0n) is 6.11. The Labute approximate surface area is 74.0 Å². The predicted molar refractivity (Wildman–Crippen MR) is 46.2 cm³/mol. The van der Waals surface area contributed by atoms with E-state index in [-0.39, 0.29) is 6.61 Å². The summed E-state index contributed by atoms with van der Waals surface area (Å²) >= 11 is 5.65. The first-order chi connectivity index (χ1) is 5.77. The number of halogens is 1. The molecule has 0 saturated heterocycles. The van der Waals surface area contributed by atoms with E-state index in [1.54, 1.807) is 18.2 Å². The van der Waals surface area contributed by atoms with Crippen LogP contribution in [0, 0.1) is 0 Å². The van der Waals surface area contributed by atoms with Crippen LogP contribution in [0.25, 0.3) is 10.4 Å². The number of hydrogen-bond donors (Lipinski definition) is 1. The van der Waals surface area contributed by atoms with Crippen molar-refractivity contribution in [1.82, 2.24) is 0 Å². The van der Waals surface area contributed by atoms with Crippen molar-refractivity contribution in [1.29, 1.82) is 0 Å². The van der Waals surface area contributed by atoms with Gasteiger partial charge >= 0.3 is 0 Å². The summed E-state index contributed by atoms with van der Waals surface area (Å²) in [5.41, 5.74) is 9.09. The normalized spacial score (nSPS) is 9.17. The molecule has 5 heteroatoms. The molecule has 1 aromatic carbocycles. The van der Waals surface area contributed by atoms with Crippen molar-refractivity contribution in [2.75, 3.05) is 0 Å².